The van der Waals surface area contributed by atoms with E-state index < -0.39 is 5.79 Å². The summed E-state index contributed by atoms with van der Waals surface area (Å²) >= 11 is 0. The van der Waals surface area contributed by atoms with Crippen molar-refractivity contribution >= 4 is 0 Å². The van der Waals surface area contributed by atoms with Gasteiger partial charge < -0.3 is 18.9 Å². The number of fused-ring (bicyclic) bond motifs is 3. The number of methoxy groups -OCH3 is 2. The molecule has 0 saturated carbocycles. The van der Waals surface area contributed by atoms with E-state index in [0.717, 1.165) is 51.5 Å². The highest BCUT2D eigenvalue weighted by Gasteiger charge is 2.50. The molecule has 7 atom stereocenters. The fraction of sp³-hybridized carbons (Fsp3) is 1.00. The van der Waals surface area contributed by atoms with Gasteiger partial charge >= 0.3 is 0 Å². The molecule has 0 radical (unpaired) electrons. The molecule has 0 spiro atoms. The molecule has 0 amide bonds. The van der Waals surface area contributed by atoms with Gasteiger partial charge in [0.05, 0.1) is 12.7 Å². The van der Waals surface area contributed by atoms with E-state index in [4.69, 9.17) is 18.9 Å². The van der Waals surface area contributed by atoms with Crippen molar-refractivity contribution in [1.82, 2.24) is 4.90 Å². The Hall–Kier alpha value is -0.200. The van der Waals surface area contributed by atoms with Gasteiger partial charge in [-0.1, -0.05) is 72.1 Å². The van der Waals surface area contributed by atoms with Crippen molar-refractivity contribution in [3.63, 3.8) is 0 Å². The lowest BCUT2D eigenvalue weighted by atomic mass is 9.84. The minimum absolute atomic E-state index is 0.0982. The first-order chi connectivity index (χ1) is 17.0. The first-order valence-electron chi connectivity index (χ1n) is 15.1. The third-order valence-electron chi connectivity index (χ3n) is 9.24. The van der Waals surface area contributed by atoms with E-state index in [-0.39, 0.29) is 12.2 Å². The molecule has 5 heteroatoms. The molecule has 5 nitrogen and oxygen atoms in total. The monoisotopic (exact) mass is 495 g/mol. The third-order valence-corrected chi connectivity index (χ3v) is 9.24. The van der Waals surface area contributed by atoms with Crippen molar-refractivity contribution in [2.24, 2.45) is 17.8 Å². The van der Waals surface area contributed by atoms with Gasteiger partial charge in [-0.2, -0.15) is 0 Å². The zero-order valence-corrected chi connectivity index (χ0v) is 23.8. The zero-order chi connectivity index (χ0) is 25.1. The third kappa shape index (κ3) is 8.67. The van der Waals surface area contributed by atoms with Crippen molar-refractivity contribution in [2.45, 2.75) is 135 Å². The smallest absolute Gasteiger partial charge is 0.198 e. The minimum Gasteiger partial charge on any atom is -0.380 e. The predicted molar refractivity (Wildman–Crippen MR) is 144 cm³/mol. The second kappa shape index (κ2) is 15.3. The molecule has 3 heterocycles. The van der Waals surface area contributed by atoms with Crippen LogP contribution in [0.5, 0.6) is 0 Å². The Labute approximate surface area is 217 Å². The van der Waals surface area contributed by atoms with Crippen LogP contribution < -0.4 is 0 Å². The van der Waals surface area contributed by atoms with Crippen molar-refractivity contribution in [3.05, 3.63) is 0 Å². The predicted octanol–water partition coefficient (Wildman–Crippen LogP) is 6.83. The molecule has 2 bridgehead atoms. The van der Waals surface area contributed by atoms with E-state index >= 15 is 0 Å². The average Bonchev–Trinajstić information content (AvgIpc) is 2.86. The molecule has 3 rings (SSSR count). The van der Waals surface area contributed by atoms with Crippen LogP contribution in [-0.4, -0.2) is 69.5 Å². The average molecular weight is 496 g/mol. The van der Waals surface area contributed by atoms with E-state index in [9.17, 15) is 0 Å². The van der Waals surface area contributed by atoms with Gasteiger partial charge in [-0.3, -0.25) is 4.90 Å². The van der Waals surface area contributed by atoms with E-state index in [2.05, 4.69) is 25.7 Å². The van der Waals surface area contributed by atoms with E-state index in [0.29, 0.717) is 17.9 Å². The minimum atomic E-state index is -0.666. The van der Waals surface area contributed by atoms with Crippen molar-refractivity contribution in [1.29, 1.82) is 0 Å². The molecule has 206 valence electrons. The van der Waals surface area contributed by atoms with Crippen LogP contribution in [0.4, 0.5) is 0 Å². The van der Waals surface area contributed by atoms with Crippen LogP contribution in [0.3, 0.4) is 0 Å². The van der Waals surface area contributed by atoms with Gasteiger partial charge in [-0.05, 0) is 56.9 Å². The van der Waals surface area contributed by atoms with Crippen molar-refractivity contribution in [3.8, 4) is 0 Å². The van der Waals surface area contributed by atoms with Gasteiger partial charge in [0.15, 0.2) is 5.79 Å². The Morgan fingerprint density at radius 3 is 2.14 bits per heavy atom. The fourth-order valence-electron chi connectivity index (χ4n) is 6.78. The number of ether oxygens (including phenoxy) is 4. The molecule has 0 aromatic rings. The standard InChI is InChI=1S/C30H57NO4/c1-24-13-7-6-8-15-25(2)22-34-23-27-16-11-12-20-31(27)21-29(32-4)30(33-5)26(3)18-19-28(35-30)17-10-9-14-24/h24-29H,6-23H2,1-5H3. The van der Waals surface area contributed by atoms with Crippen molar-refractivity contribution < 1.29 is 18.9 Å². The maximum absolute atomic E-state index is 6.85. The summed E-state index contributed by atoms with van der Waals surface area (Å²) in [5.41, 5.74) is 0. The Morgan fingerprint density at radius 2 is 1.40 bits per heavy atom. The summed E-state index contributed by atoms with van der Waals surface area (Å²) < 4.78 is 25.6. The second-order valence-electron chi connectivity index (χ2n) is 12.2. The highest BCUT2D eigenvalue weighted by Crippen LogP contribution is 2.40. The lowest BCUT2D eigenvalue weighted by molar-refractivity contribution is -0.337. The number of piperidine rings is 1. The van der Waals surface area contributed by atoms with Crippen LogP contribution in [0, 0.1) is 17.8 Å². The molecule has 7 unspecified atom stereocenters. The Morgan fingerprint density at radius 1 is 0.714 bits per heavy atom. The Balaban J connectivity index is 1.71. The fourth-order valence-corrected chi connectivity index (χ4v) is 6.78. The molecule has 3 fully saturated rings. The Kier molecular flexibility index (Phi) is 12.8. The summed E-state index contributed by atoms with van der Waals surface area (Å²) in [7, 11) is 3.66. The molecule has 0 aromatic carbocycles. The highest BCUT2D eigenvalue weighted by atomic mass is 16.7. The summed E-state index contributed by atoms with van der Waals surface area (Å²) in [6, 6.07) is 0.466. The number of hydrogen-bond donors (Lipinski definition) is 0. The molecule has 3 aliphatic rings. The molecule has 0 aromatic heterocycles. The maximum atomic E-state index is 6.85. The first-order valence-corrected chi connectivity index (χ1v) is 15.1. The topological polar surface area (TPSA) is 40.2 Å². The van der Waals surface area contributed by atoms with Crippen LogP contribution >= 0.6 is 0 Å². The molecule has 3 aliphatic heterocycles. The van der Waals surface area contributed by atoms with Crippen LogP contribution in [0.25, 0.3) is 0 Å². The summed E-state index contributed by atoms with van der Waals surface area (Å²) in [4.78, 5) is 2.60. The molecular formula is C30H57NO4. The van der Waals surface area contributed by atoms with Gasteiger partial charge in [0.1, 0.15) is 6.10 Å². The first kappa shape index (κ1) is 29.4. The highest BCUT2D eigenvalue weighted by molar-refractivity contribution is 4.93. The lowest BCUT2D eigenvalue weighted by Gasteiger charge is -2.50. The van der Waals surface area contributed by atoms with Crippen LogP contribution in [0.15, 0.2) is 0 Å². The summed E-state index contributed by atoms with van der Waals surface area (Å²) in [5.74, 6) is 1.14. The van der Waals surface area contributed by atoms with E-state index in [1.54, 1.807) is 0 Å². The molecule has 3 saturated heterocycles. The zero-order valence-electron chi connectivity index (χ0n) is 23.8. The van der Waals surface area contributed by atoms with Gasteiger partial charge in [0, 0.05) is 39.3 Å². The normalized spacial score (nSPS) is 40.4. The molecule has 35 heavy (non-hydrogen) atoms. The molecule has 0 N–H and O–H groups in total. The second-order valence-corrected chi connectivity index (χ2v) is 12.2. The van der Waals surface area contributed by atoms with Gasteiger partial charge in [-0.15, -0.1) is 0 Å². The largest absolute Gasteiger partial charge is 0.380 e. The Bertz CT molecular complexity index is 575. The number of rotatable bonds is 2. The van der Waals surface area contributed by atoms with Crippen LogP contribution in [0.2, 0.25) is 0 Å². The summed E-state index contributed by atoms with van der Waals surface area (Å²) in [5, 5.41) is 0. The SMILES string of the molecule is COC1CN2CCCCC2COCC(C)CCCCCC(C)CCCCC2CCC(C)C1(OC)O2. The van der Waals surface area contributed by atoms with E-state index in [1.807, 2.05) is 14.2 Å². The van der Waals surface area contributed by atoms with Crippen LogP contribution in [-0.2, 0) is 18.9 Å². The number of hydrogen-bond acceptors (Lipinski definition) is 5. The van der Waals surface area contributed by atoms with Crippen LogP contribution in [0.1, 0.15) is 111 Å². The van der Waals surface area contributed by atoms with Gasteiger partial charge in [0.2, 0.25) is 0 Å². The van der Waals surface area contributed by atoms with Gasteiger partial charge in [-0.25, -0.2) is 0 Å². The summed E-state index contributed by atoms with van der Waals surface area (Å²) in [6.45, 7) is 10.8. The lowest BCUT2D eigenvalue weighted by Crippen LogP contribution is -2.61. The molecule has 0 aliphatic carbocycles. The summed E-state index contributed by atoms with van der Waals surface area (Å²) in [6.07, 6.45) is 18.0. The quantitative estimate of drug-likeness (QED) is 0.420. The van der Waals surface area contributed by atoms with E-state index in [1.165, 1.54) is 70.6 Å². The maximum Gasteiger partial charge on any atom is 0.198 e. The number of nitrogens with zero attached hydrogens (tertiary/aromatic N) is 1. The molecular weight excluding hydrogens is 438 g/mol. The van der Waals surface area contributed by atoms with Crippen molar-refractivity contribution in [2.75, 3.05) is 40.5 Å². The van der Waals surface area contributed by atoms with Gasteiger partial charge in [0.25, 0.3) is 0 Å².